The van der Waals surface area contributed by atoms with E-state index in [1.807, 2.05) is 41.0 Å². The van der Waals surface area contributed by atoms with Crippen molar-refractivity contribution >= 4 is 33.8 Å². The standard InChI is InChI=1S/C17H12N4O2/c18-9-10-5-6-12-11-3-1-2-4-13(11)21(16(12)19-10)14-7-8-15(22)20-17(14)23/h1-6,14H,7-8H2,(H,20,22,23). The summed E-state index contributed by atoms with van der Waals surface area (Å²) in [5.41, 5.74) is 1.77. The van der Waals surface area contributed by atoms with E-state index >= 15 is 0 Å². The van der Waals surface area contributed by atoms with Gasteiger partial charge < -0.3 is 4.57 Å². The summed E-state index contributed by atoms with van der Waals surface area (Å²) in [6.07, 6.45) is 0.721. The second-order valence-corrected chi connectivity index (χ2v) is 5.53. The van der Waals surface area contributed by atoms with Crippen LogP contribution in [0, 0.1) is 11.3 Å². The molecule has 3 aromatic rings. The van der Waals surface area contributed by atoms with Gasteiger partial charge in [-0.25, -0.2) is 4.98 Å². The van der Waals surface area contributed by atoms with E-state index < -0.39 is 6.04 Å². The normalized spacial score (nSPS) is 18.1. The van der Waals surface area contributed by atoms with Crippen LogP contribution in [0.1, 0.15) is 24.6 Å². The summed E-state index contributed by atoms with van der Waals surface area (Å²) in [6.45, 7) is 0. The number of para-hydroxylation sites is 1. The first-order valence-corrected chi connectivity index (χ1v) is 7.32. The predicted octanol–water partition coefficient (Wildman–Crippen LogP) is 2.04. The van der Waals surface area contributed by atoms with Crippen molar-refractivity contribution in [3.05, 3.63) is 42.1 Å². The fraction of sp³-hybridized carbons (Fsp3) is 0.176. The zero-order valence-electron chi connectivity index (χ0n) is 12.1. The zero-order chi connectivity index (χ0) is 16.0. The van der Waals surface area contributed by atoms with E-state index in [1.165, 1.54) is 0 Å². The molecule has 3 heterocycles. The number of benzene rings is 1. The molecule has 6 heteroatoms. The number of hydrogen-bond acceptors (Lipinski definition) is 4. The molecule has 2 aromatic heterocycles. The Morgan fingerprint density at radius 1 is 1.17 bits per heavy atom. The number of pyridine rings is 1. The molecular formula is C17H12N4O2. The molecule has 1 unspecified atom stereocenters. The first-order valence-electron chi connectivity index (χ1n) is 7.32. The van der Waals surface area contributed by atoms with Gasteiger partial charge in [0.15, 0.2) is 0 Å². The van der Waals surface area contributed by atoms with Crippen LogP contribution < -0.4 is 5.32 Å². The van der Waals surface area contributed by atoms with Gasteiger partial charge in [0.05, 0.1) is 5.52 Å². The molecule has 2 amide bonds. The van der Waals surface area contributed by atoms with E-state index in [9.17, 15) is 9.59 Å². The van der Waals surface area contributed by atoms with Gasteiger partial charge in [0.1, 0.15) is 23.5 Å². The first kappa shape index (κ1) is 13.5. The highest BCUT2D eigenvalue weighted by Gasteiger charge is 2.30. The smallest absolute Gasteiger partial charge is 0.249 e. The van der Waals surface area contributed by atoms with E-state index in [-0.39, 0.29) is 11.8 Å². The number of nitriles is 1. The van der Waals surface area contributed by atoms with E-state index in [0.29, 0.717) is 24.2 Å². The van der Waals surface area contributed by atoms with Crippen LogP contribution >= 0.6 is 0 Å². The van der Waals surface area contributed by atoms with Crippen LogP contribution in [0.25, 0.3) is 21.9 Å². The van der Waals surface area contributed by atoms with E-state index in [2.05, 4.69) is 10.3 Å². The molecule has 1 atom stereocenters. The van der Waals surface area contributed by atoms with Crippen LogP contribution in [0.15, 0.2) is 36.4 Å². The number of carbonyl (C=O) groups excluding carboxylic acids is 2. The molecule has 6 nitrogen and oxygen atoms in total. The van der Waals surface area contributed by atoms with Gasteiger partial charge in [-0.2, -0.15) is 5.26 Å². The minimum atomic E-state index is -0.503. The van der Waals surface area contributed by atoms with Crippen molar-refractivity contribution in [2.45, 2.75) is 18.9 Å². The van der Waals surface area contributed by atoms with Crippen molar-refractivity contribution in [1.29, 1.82) is 5.26 Å². The van der Waals surface area contributed by atoms with Crippen molar-refractivity contribution in [1.82, 2.24) is 14.9 Å². The number of aromatic nitrogens is 2. The molecule has 1 aliphatic rings. The highest BCUT2D eigenvalue weighted by atomic mass is 16.2. The Balaban J connectivity index is 2.04. The lowest BCUT2D eigenvalue weighted by atomic mass is 10.1. The summed E-state index contributed by atoms with van der Waals surface area (Å²) in [7, 11) is 0. The Morgan fingerprint density at radius 3 is 2.78 bits per heavy atom. The number of nitrogens with zero attached hydrogens (tertiary/aromatic N) is 3. The molecule has 112 valence electrons. The minimum absolute atomic E-state index is 0.252. The van der Waals surface area contributed by atoms with Gasteiger partial charge in [-0.15, -0.1) is 0 Å². The minimum Gasteiger partial charge on any atom is -0.313 e. The Bertz CT molecular complexity index is 1010. The maximum absolute atomic E-state index is 12.3. The number of rotatable bonds is 1. The number of imide groups is 1. The molecule has 23 heavy (non-hydrogen) atoms. The second-order valence-electron chi connectivity index (χ2n) is 5.53. The molecule has 1 saturated heterocycles. The Morgan fingerprint density at radius 2 is 2.00 bits per heavy atom. The highest BCUT2D eigenvalue weighted by Crippen LogP contribution is 2.33. The number of hydrogen-bond donors (Lipinski definition) is 1. The van der Waals surface area contributed by atoms with Crippen LogP contribution in [0.3, 0.4) is 0 Å². The molecule has 0 saturated carbocycles. The highest BCUT2D eigenvalue weighted by molar-refractivity contribution is 6.09. The van der Waals surface area contributed by atoms with E-state index in [0.717, 1.165) is 16.3 Å². The number of amides is 2. The van der Waals surface area contributed by atoms with Gasteiger partial charge >= 0.3 is 0 Å². The molecule has 1 aromatic carbocycles. The van der Waals surface area contributed by atoms with E-state index in [1.54, 1.807) is 6.07 Å². The zero-order valence-corrected chi connectivity index (χ0v) is 12.1. The fourth-order valence-corrected chi connectivity index (χ4v) is 3.17. The Kier molecular flexibility index (Phi) is 2.88. The molecule has 4 rings (SSSR count). The third kappa shape index (κ3) is 1.98. The molecule has 1 aliphatic heterocycles. The van der Waals surface area contributed by atoms with Crippen LogP contribution in [0.2, 0.25) is 0 Å². The van der Waals surface area contributed by atoms with Crippen molar-refractivity contribution in [3.63, 3.8) is 0 Å². The van der Waals surface area contributed by atoms with Gasteiger partial charge in [-0.3, -0.25) is 14.9 Å². The number of nitrogens with one attached hydrogen (secondary N) is 1. The quantitative estimate of drug-likeness (QED) is 0.697. The third-order valence-corrected chi connectivity index (χ3v) is 4.19. The van der Waals surface area contributed by atoms with Crippen LogP contribution in [-0.2, 0) is 9.59 Å². The SMILES string of the molecule is N#Cc1ccc2c3ccccc3n(C3CCC(=O)NC3=O)c2n1. The molecule has 0 spiro atoms. The van der Waals surface area contributed by atoms with Crippen molar-refractivity contribution in [2.24, 2.45) is 0 Å². The average Bonchev–Trinajstić information content (AvgIpc) is 2.89. The van der Waals surface area contributed by atoms with Crippen LogP contribution in [0.5, 0.6) is 0 Å². The van der Waals surface area contributed by atoms with Crippen LogP contribution in [0.4, 0.5) is 0 Å². The molecule has 1 N–H and O–H groups in total. The molecule has 0 bridgehead atoms. The molecule has 0 aliphatic carbocycles. The van der Waals surface area contributed by atoms with Crippen molar-refractivity contribution < 1.29 is 9.59 Å². The lowest BCUT2D eigenvalue weighted by Crippen LogP contribution is -2.41. The molecule has 0 radical (unpaired) electrons. The van der Waals surface area contributed by atoms with Gasteiger partial charge in [0.25, 0.3) is 0 Å². The van der Waals surface area contributed by atoms with Crippen molar-refractivity contribution in [3.8, 4) is 6.07 Å². The number of piperidine rings is 1. The predicted molar refractivity (Wildman–Crippen MR) is 83.4 cm³/mol. The van der Waals surface area contributed by atoms with Crippen LogP contribution in [-0.4, -0.2) is 21.4 Å². The summed E-state index contributed by atoms with van der Waals surface area (Å²) in [4.78, 5) is 28.1. The largest absolute Gasteiger partial charge is 0.313 e. The fourth-order valence-electron chi connectivity index (χ4n) is 3.17. The Hall–Kier alpha value is -3.20. The van der Waals surface area contributed by atoms with Gasteiger partial charge in [0.2, 0.25) is 11.8 Å². The molecule has 1 fully saturated rings. The van der Waals surface area contributed by atoms with Gasteiger partial charge in [0, 0.05) is 17.2 Å². The second kappa shape index (κ2) is 4.92. The maximum Gasteiger partial charge on any atom is 0.249 e. The lowest BCUT2D eigenvalue weighted by molar-refractivity contribution is -0.135. The Labute approximate surface area is 131 Å². The summed E-state index contributed by atoms with van der Waals surface area (Å²) >= 11 is 0. The molecular weight excluding hydrogens is 292 g/mol. The summed E-state index contributed by atoms with van der Waals surface area (Å²) in [5, 5.41) is 13.4. The summed E-state index contributed by atoms with van der Waals surface area (Å²) < 4.78 is 1.84. The summed E-state index contributed by atoms with van der Waals surface area (Å²) in [5.74, 6) is -0.578. The first-order chi connectivity index (χ1) is 11.2. The van der Waals surface area contributed by atoms with E-state index in [4.69, 9.17) is 5.26 Å². The van der Waals surface area contributed by atoms with Gasteiger partial charge in [-0.05, 0) is 24.6 Å². The maximum atomic E-state index is 12.3. The lowest BCUT2D eigenvalue weighted by Gasteiger charge is -2.23. The van der Waals surface area contributed by atoms with Gasteiger partial charge in [-0.1, -0.05) is 18.2 Å². The topological polar surface area (TPSA) is 87.8 Å². The monoisotopic (exact) mass is 304 g/mol. The number of fused-ring (bicyclic) bond motifs is 3. The van der Waals surface area contributed by atoms with Crippen molar-refractivity contribution in [2.75, 3.05) is 0 Å². The number of carbonyl (C=O) groups is 2. The summed E-state index contributed by atoms with van der Waals surface area (Å²) in [6, 6.07) is 12.8. The third-order valence-electron chi connectivity index (χ3n) is 4.19. The average molecular weight is 304 g/mol.